The maximum Gasteiger partial charge on any atom is 0.264 e. The Hall–Kier alpha value is -1.99. The van der Waals surface area contributed by atoms with Crippen LogP contribution in [0.4, 0.5) is 0 Å². The molecule has 0 unspecified atom stereocenters. The van der Waals surface area contributed by atoms with Crippen molar-refractivity contribution in [1.29, 1.82) is 5.26 Å². The standard InChI is InChI=1S/C13H13ClN2O2/c1-16(2)13(17)10(8-15)6-9-7-11(14)4-5-12(9)18-3/h4-7H,1-3H3/b10-6-. The largest absolute Gasteiger partial charge is 0.496 e. The second-order valence-electron chi connectivity index (χ2n) is 3.76. The van der Waals surface area contributed by atoms with E-state index in [9.17, 15) is 4.79 Å². The number of carbonyl (C=O) groups excluding carboxylic acids is 1. The molecule has 0 aromatic heterocycles. The minimum atomic E-state index is -0.362. The fourth-order valence-electron chi connectivity index (χ4n) is 1.36. The van der Waals surface area contributed by atoms with Gasteiger partial charge in [0.1, 0.15) is 17.4 Å². The number of nitrogens with zero attached hydrogens (tertiary/aromatic N) is 2. The lowest BCUT2D eigenvalue weighted by atomic mass is 10.1. The van der Waals surface area contributed by atoms with E-state index >= 15 is 0 Å². The lowest BCUT2D eigenvalue weighted by molar-refractivity contribution is -0.124. The van der Waals surface area contributed by atoms with Gasteiger partial charge in [-0.3, -0.25) is 4.79 Å². The van der Waals surface area contributed by atoms with Gasteiger partial charge in [-0.15, -0.1) is 0 Å². The number of hydrogen-bond acceptors (Lipinski definition) is 3. The van der Waals surface area contributed by atoms with Crippen LogP contribution in [0.5, 0.6) is 5.75 Å². The predicted molar refractivity (Wildman–Crippen MR) is 70.3 cm³/mol. The predicted octanol–water partition coefficient (Wildman–Crippen LogP) is 2.34. The van der Waals surface area contributed by atoms with Gasteiger partial charge in [-0.1, -0.05) is 11.6 Å². The van der Waals surface area contributed by atoms with Crippen LogP contribution in [0.1, 0.15) is 5.56 Å². The van der Waals surface area contributed by atoms with Gasteiger partial charge in [-0.25, -0.2) is 0 Å². The summed E-state index contributed by atoms with van der Waals surface area (Å²) >= 11 is 5.88. The molecule has 1 amide bonds. The highest BCUT2D eigenvalue weighted by Crippen LogP contribution is 2.25. The van der Waals surface area contributed by atoms with Gasteiger partial charge >= 0.3 is 0 Å². The summed E-state index contributed by atoms with van der Waals surface area (Å²) < 4.78 is 5.15. The Balaban J connectivity index is 3.25. The van der Waals surface area contributed by atoms with Crippen LogP contribution >= 0.6 is 11.6 Å². The van der Waals surface area contributed by atoms with Crippen molar-refractivity contribution in [3.8, 4) is 11.8 Å². The molecule has 1 aromatic rings. The molecule has 0 aliphatic carbocycles. The van der Waals surface area contributed by atoms with Crippen LogP contribution < -0.4 is 4.74 Å². The molecule has 1 aromatic carbocycles. The molecule has 0 aliphatic rings. The minimum Gasteiger partial charge on any atom is -0.496 e. The summed E-state index contributed by atoms with van der Waals surface area (Å²) in [5, 5.41) is 9.51. The van der Waals surface area contributed by atoms with Crippen LogP contribution in [0.25, 0.3) is 6.08 Å². The molecule has 0 heterocycles. The lowest BCUT2D eigenvalue weighted by Gasteiger charge is -2.10. The van der Waals surface area contributed by atoms with Crippen LogP contribution in [0.2, 0.25) is 5.02 Å². The van der Waals surface area contributed by atoms with Gasteiger partial charge in [0.15, 0.2) is 0 Å². The molecule has 0 atom stereocenters. The zero-order valence-corrected chi connectivity index (χ0v) is 11.2. The van der Waals surface area contributed by atoms with Crippen molar-refractivity contribution >= 4 is 23.6 Å². The number of halogens is 1. The fraction of sp³-hybridized carbons (Fsp3) is 0.231. The molecule has 0 spiro atoms. The van der Waals surface area contributed by atoms with E-state index < -0.39 is 0 Å². The average molecular weight is 265 g/mol. The topological polar surface area (TPSA) is 53.3 Å². The number of likely N-dealkylation sites (N-methyl/N-ethyl adjacent to an activating group) is 1. The first-order valence-electron chi connectivity index (χ1n) is 5.16. The van der Waals surface area contributed by atoms with E-state index in [-0.39, 0.29) is 11.5 Å². The maximum atomic E-state index is 11.7. The highest BCUT2D eigenvalue weighted by Gasteiger charge is 2.12. The van der Waals surface area contributed by atoms with Gasteiger partial charge in [0.05, 0.1) is 7.11 Å². The Kier molecular flexibility index (Phi) is 4.75. The van der Waals surface area contributed by atoms with E-state index in [1.165, 1.54) is 18.1 Å². The summed E-state index contributed by atoms with van der Waals surface area (Å²) in [6.45, 7) is 0. The molecule has 0 radical (unpaired) electrons. The van der Waals surface area contributed by atoms with E-state index in [4.69, 9.17) is 21.6 Å². The van der Waals surface area contributed by atoms with Crippen molar-refractivity contribution in [2.75, 3.05) is 21.2 Å². The minimum absolute atomic E-state index is 0.0283. The Morgan fingerprint density at radius 1 is 1.50 bits per heavy atom. The van der Waals surface area contributed by atoms with Crippen LogP contribution in [0.3, 0.4) is 0 Å². The summed E-state index contributed by atoms with van der Waals surface area (Å²) in [4.78, 5) is 13.1. The van der Waals surface area contributed by atoms with Gasteiger partial charge in [-0.2, -0.15) is 5.26 Å². The SMILES string of the molecule is COc1ccc(Cl)cc1/C=C(/C#N)C(=O)N(C)C. The number of ether oxygens (including phenoxy) is 1. The van der Waals surface area contributed by atoms with Gasteiger partial charge in [0, 0.05) is 24.7 Å². The number of methoxy groups -OCH3 is 1. The van der Waals surface area contributed by atoms with Crippen molar-refractivity contribution in [3.63, 3.8) is 0 Å². The zero-order valence-electron chi connectivity index (χ0n) is 10.4. The number of amides is 1. The number of benzene rings is 1. The smallest absolute Gasteiger partial charge is 0.264 e. The summed E-state index contributed by atoms with van der Waals surface area (Å²) in [7, 11) is 4.69. The van der Waals surface area contributed by atoms with E-state index in [1.54, 1.807) is 32.3 Å². The molecule has 0 saturated heterocycles. The van der Waals surface area contributed by atoms with E-state index in [0.717, 1.165) is 0 Å². The van der Waals surface area contributed by atoms with Gasteiger partial charge in [0.2, 0.25) is 0 Å². The number of nitriles is 1. The van der Waals surface area contributed by atoms with Crippen LogP contribution in [0, 0.1) is 11.3 Å². The third-order valence-electron chi connectivity index (χ3n) is 2.25. The van der Waals surface area contributed by atoms with Crippen LogP contribution in [0.15, 0.2) is 23.8 Å². The number of hydrogen-bond donors (Lipinski definition) is 0. The molecular formula is C13H13ClN2O2. The highest BCUT2D eigenvalue weighted by molar-refractivity contribution is 6.30. The molecule has 0 aliphatic heterocycles. The van der Waals surface area contributed by atoms with Gasteiger partial charge in [-0.05, 0) is 24.3 Å². The Bertz CT molecular complexity index is 530. The Labute approximate surface area is 111 Å². The third-order valence-corrected chi connectivity index (χ3v) is 2.48. The normalized spacial score (nSPS) is 10.7. The van der Waals surface area contributed by atoms with Crippen molar-refractivity contribution in [2.24, 2.45) is 0 Å². The average Bonchev–Trinajstić information content (AvgIpc) is 2.35. The third kappa shape index (κ3) is 3.25. The first-order valence-corrected chi connectivity index (χ1v) is 5.54. The molecule has 4 nitrogen and oxygen atoms in total. The summed E-state index contributed by atoms with van der Waals surface area (Å²) in [5.41, 5.74) is 0.623. The second-order valence-corrected chi connectivity index (χ2v) is 4.19. The first-order chi connectivity index (χ1) is 8.49. The molecule has 0 bridgehead atoms. The molecule has 5 heteroatoms. The quantitative estimate of drug-likeness (QED) is 0.622. The van der Waals surface area contributed by atoms with Crippen LogP contribution in [-0.4, -0.2) is 32.0 Å². The zero-order chi connectivity index (χ0) is 13.7. The lowest BCUT2D eigenvalue weighted by Crippen LogP contribution is -2.22. The highest BCUT2D eigenvalue weighted by atomic mass is 35.5. The molecule has 94 valence electrons. The molecule has 18 heavy (non-hydrogen) atoms. The van der Waals surface area contributed by atoms with Gasteiger partial charge < -0.3 is 9.64 Å². The second kappa shape index (κ2) is 6.08. The summed E-state index contributed by atoms with van der Waals surface area (Å²) in [6, 6.07) is 6.88. The van der Waals surface area contributed by atoms with Crippen molar-refractivity contribution in [2.45, 2.75) is 0 Å². The van der Waals surface area contributed by atoms with E-state index in [1.807, 2.05) is 6.07 Å². The monoisotopic (exact) mass is 264 g/mol. The molecule has 1 rings (SSSR count). The molecule has 0 saturated carbocycles. The van der Waals surface area contributed by atoms with Crippen molar-refractivity contribution in [1.82, 2.24) is 4.90 Å². The Morgan fingerprint density at radius 3 is 2.67 bits per heavy atom. The van der Waals surface area contributed by atoms with Crippen LogP contribution in [-0.2, 0) is 4.79 Å². The van der Waals surface area contributed by atoms with Crippen molar-refractivity contribution < 1.29 is 9.53 Å². The summed E-state index contributed by atoms with van der Waals surface area (Å²) in [6.07, 6.45) is 1.47. The summed E-state index contributed by atoms with van der Waals surface area (Å²) in [5.74, 6) is 0.193. The fourth-order valence-corrected chi connectivity index (χ4v) is 1.54. The van der Waals surface area contributed by atoms with Crippen molar-refractivity contribution in [3.05, 3.63) is 34.4 Å². The van der Waals surface area contributed by atoms with E-state index in [0.29, 0.717) is 16.3 Å². The van der Waals surface area contributed by atoms with E-state index in [2.05, 4.69) is 0 Å². The Morgan fingerprint density at radius 2 is 2.17 bits per heavy atom. The maximum absolute atomic E-state index is 11.7. The van der Waals surface area contributed by atoms with Gasteiger partial charge in [0.25, 0.3) is 5.91 Å². The molecule has 0 fully saturated rings. The number of carbonyl (C=O) groups is 1. The molecular weight excluding hydrogens is 252 g/mol. The first kappa shape index (κ1) is 14.1. The molecule has 0 N–H and O–H groups in total. The number of rotatable bonds is 3.